The molecular formula is C16H13ClN2O3S. The first kappa shape index (κ1) is 14.4. The standard InChI is InChI=1S/C16H13ClN2O3S/c1-20-12-7-14-13(21-9-22-14)6-11(12)16-18-4-5-19(16)8-10-2-3-15(17)23-10/h2-7H,8-9H2,1H3. The first-order chi connectivity index (χ1) is 11.2. The number of rotatable bonds is 4. The fourth-order valence-corrected chi connectivity index (χ4v) is 3.64. The SMILES string of the molecule is COc1cc2c(cc1-c1nccn1Cc1ccc(Cl)s1)OCO2. The molecule has 0 N–H and O–H groups in total. The molecule has 1 aliphatic heterocycles. The number of benzene rings is 1. The van der Waals surface area contributed by atoms with Crippen molar-refractivity contribution in [3.05, 3.63) is 45.9 Å². The van der Waals surface area contributed by atoms with Crippen molar-refractivity contribution in [1.29, 1.82) is 0 Å². The van der Waals surface area contributed by atoms with E-state index in [1.165, 1.54) is 0 Å². The fourth-order valence-electron chi connectivity index (χ4n) is 2.55. The number of ether oxygens (including phenoxy) is 3. The minimum Gasteiger partial charge on any atom is -0.496 e. The largest absolute Gasteiger partial charge is 0.496 e. The van der Waals surface area contributed by atoms with Crippen LogP contribution in [0.5, 0.6) is 17.2 Å². The topological polar surface area (TPSA) is 45.5 Å². The highest BCUT2D eigenvalue weighted by atomic mass is 35.5. The van der Waals surface area contributed by atoms with Crippen molar-refractivity contribution in [3.8, 4) is 28.6 Å². The van der Waals surface area contributed by atoms with Crippen molar-refractivity contribution in [2.24, 2.45) is 0 Å². The molecule has 0 spiro atoms. The van der Waals surface area contributed by atoms with E-state index in [0.29, 0.717) is 23.8 Å². The quantitative estimate of drug-likeness (QED) is 0.713. The Bertz CT molecular complexity index is 859. The monoisotopic (exact) mass is 348 g/mol. The molecule has 2 aromatic heterocycles. The average molecular weight is 349 g/mol. The molecule has 4 rings (SSSR count). The number of hydrogen-bond donors (Lipinski definition) is 0. The summed E-state index contributed by atoms with van der Waals surface area (Å²) in [7, 11) is 1.63. The van der Waals surface area contributed by atoms with Crippen LogP contribution in [0.15, 0.2) is 36.7 Å². The van der Waals surface area contributed by atoms with Gasteiger partial charge in [-0.1, -0.05) is 11.6 Å². The van der Waals surface area contributed by atoms with Gasteiger partial charge in [0.2, 0.25) is 6.79 Å². The maximum atomic E-state index is 6.01. The molecule has 0 amide bonds. The molecule has 0 saturated carbocycles. The third kappa shape index (κ3) is 2.64. The third-order valence-corrected chi connectivity index (χ3v) is 4.82. The summed E-state index contributed by atoms with van der Waals surface area (Å²) in [6.07, 6.45) is 3.71. The van der Waals surface area contributed by atoms with E-state index in [-0.39, 0.29) is 6.79 Å². The van der Waals surface area contributed by atoms with Crippen molar-refractivity contribution in [1.82, 2.24) is 9.55 Å². The number of hydrogen-bond acceptors (Lipinski definition) is 5. The van der Waals surface area contributed by atoms with E-state index in [1.54, 1.807) is 24.6 Å². The lowest BCUT2D eigenvalue weighted by Gasteiger charge is -2.11. The van der Waals surface area contributed by atoms with Gasteiger partial charge in [0.25, 0.3) is 0 Å². The number of aromatic nitrogens is 2. The van der Waals surface area contributed by atoms with Gasteiger partial charge >= 0.3 is 0 Å². The minimum atomic E-state index is 0.226. The molecular weight excluding hydrogens is 336 g/mol. The molecule has 0 atom stereocenters. The van der Waals surface area contributed by atoms with Crippen LogP contribution in [0.4, 0.5) is 0 Å². The fraction of sp³-hybridized carbons (Fsp3) is 0.188. The molecule has 0 aliphatic carbocycles. The van der Waals surface area contributed by atoms with Crippen LogP contribution in [-0.4, -0.2) is 23.5 Å². The van der Waals surface area contributed by atoms with Gasteiger partial charge in [-0.2, -0.15) is 0 Å². The number of nitrogens with zero attached hydrogens (tertiary/aromatic N) is 2. The zero-order chi connectivity index (χ0) is 15.8. The molecule has 118 valence electrons. The van der Waals surface area contributed by atoms with Gasteiger partial charge in [0, 0.05) is 23.3 Å². The average Bonchev–Trinajstić information content (AvgIpc) is 3.27. The predicted molar refractivity (Wildman–Crippen MR) is 88.8 cm³/mol. The van der Waals surface area contributed by atoms with Gasteiger partial charge in [0.15, 0.2) is 11.5 Å². The van der Waals surface area contributed by atoms with Crippen LogP contribution < -0.4 is 14.2 Å². The lowest BCUT2D eigenvalue weighted by Crippen LogP contribution is -2.01. The second kappa shape index (κ2) is 5.79. The Kier molecular flexibility index (Phi) is 3.63. The zero-order valence-electron chi connectivity index (χ0n) is 12.3. The minimum absolute atomic E-state index is 0.226. The summed E-state index contributed by atoms with van der Waals surface area (Å²) in [6, 6.07) is 7.66. The van der Waals surface area contributed by atoms with Crippen LogP contribution in [0.25, 0.3) is 11.4 Å². The van der Waals surface area contributed by atoms with E-state index >= 15 is 0 Å². The highest BCUT2D eigenvalue weighted by molar-refractivity contribution is 7.16. The number of imidazole rings is 1. The van der Waals surface area contributed by atoms with Gasteiger partial charge in [-0.05, 0) is 18.2 Å². The van der Waals surface area contributed by atoms with Crippen LogP contribution in [0.1, 0.15) is 4.88 Å². The summed E-state index contributed by atoms with van der Waals surface area (Å²) in [5.74, 6) is 2.90. The molecule has 7 heteroatoms. The molecule has 0 bridgehead atoms. The van der Waals surface area contributed by atoms with Gasteiger partial charge < -0.3 is 18.8 Å². The Morgan fingerprint density at radius 2 is 2.13 bits per heavy atom. The lowest BCUT2D eigenvalue weighted by molar-refractivity contribution is 0.174. The Balaban J connectivity index is 1.75. The second-order valence-corrected chi connectivity index (χ2v) is 6.79. The van der Waals surface area contributed by atoms with Crippen LogP contribution >= 0.6 is 22.9 Å². The Morgan fingerprint density at radius 3 is 2.87 bits per heavy atom. The summed E-state index contributed by atoms with van der Waals surface area (Å²) in [6.45, 7) is 0.925. The zero-order valence-corrected chi connectivity index (χ0v) is 13.9. The summed E-state index contributed by atoms with van der Waals surface area (Å²) in [5, 5.41) is 0. The number of methoxy groups -OCH3 is 1. The second-order valence-electron chi connectivity index (χ2n) is 4.99. The Morgan fingerprint density at radius 1 is 1.30 bits per heavy atom. The van der Waals surface area contributed by atoms with E-state index in [2.05, 4.69) is 9.55 Å². The Hall–Kier alpha value is -2.18. The van der Waals surface area contributed by atoms with E-state index < -0.39 is 0 Å². The van der Waals surface area contributed by atoms with Gasteiger partial charge in [-0.15, -0.1) is 11.3 Å². The van der Waals surface area contributed by atoms with Crippen molar-refractivity contribution in [2.75, 3.05) is 13.9 Å². The van der Waals surface area contributed by atoms with Crippen LogP contribution in [0.2, 0.25) is 4.34 Å². The molecule has 1 aromatic carbocycles. The van der Waals surface area contributed by atoms with Gasteiger partial charge in [-0.25, -0.2) is 4.98 Å². The molecule has 0 saturated heterocycles. The molecule has 3 aromatic rings. The van der Waals surface area contributed by atoms with Crippen molar-refractivity contribution in [3.63, 3.8) is 0 Å². The maximum Gasteiger partial charge on any atom is 0.231 e. The van der Waals surface area contributed by atoms with Crippen molar-refractivity contribution >= 4 is 22.9 Å². The van der Waals surface area contributed by atoms with E-state index in [1.807, 2.05) is 30.5 Å². The van der Waals surface area contributed by atoms with Crippen molar-refractivity contribution < 1.29 is 14.2 Å². The molecule has 0 unspecified atom stereocenters. The van der Waals surface area contributed by atoms with Gasteiger partial charge in [0.1, 0.15) is 11.6 Å². The molecule has 3 heterocycles. The summed E-state index contributed by atoms with van der Waals surface area (Å²) in [4.78, 5) is 5.64. The highest BCUT2D eigenvalue weighted by Gasteiger charge is 2.21. The van der Waals surface area contributed by atoms with Crippen molar-refractivity contribution in [2.45, 2.75) is 6.54 Å². The summed E-state index contributed by atoms with van der Waals surface area (Å²) >= 11 is 7.57. The smallest absolute Gasteiger partial charge is 0.231 e. The van der Waals surface area contributed by atoms with E-state index in [0.717, 1.165) is 20.6 Å². The number of thiophene rings is 1. The van der Waals surface area contributed by atoms with Crippen LogP contribution in [-0.2, 0) is 6.54 Å². The summed E-state index contributed by atoms with van der Waals surface area (Å²) < 4.78 is 19.2. The summed E-state index contributed by atoms with van der Waals surface area (Å²) in [5.41, 5.74) is 0.865. The van der Waals surface area contributed by atoms with Crippen LogP contribution in [0, 0.1) is 0 Å². The number of fused-ring (bicyclic) bond motifs is 1. The Labute approximate surface area is 142 Å². The first-order valence-electron chi connectivity index (χ1n) is 6.98. The van der Waals surface area contributed by atoms with E-state index in [4.69, 9.17) is 25.8 Å². The van der Waals surface area contributed by atoms with E-state index in [9.17, 15) is 0 Å². The lowest BCUT2D eigenvalue weighted by atomic mass is 10.1. The number of halogens is 1. The maximum absolute atomic E-state index is 6.01. The molecule has 0 radical (unpaired) electrons. The molecule has 5 nitrogen and oxygen atoms in total. The highest BCUT2D eigenvalue weighted by Crippen LogP contribution is 2.42. The first-order valence-corrected chi connectivity index (χ1v) is 8.17. The van der Waals surface area contributed by atoms with Gasteiger partial charge in [0.05, 0.1) is 23.6 Å². The van der Waals surface area contributed by atoms with Gasteiger partial charge in [-0.3, -0.25) is 0 Å². The van der Waals surface area contributed by atoms with Crippen LogP contribution in [0.3, 0.4) is 0 Å². The predicted octanol–water partition coefficient (Wildman–Crippen LogP) is 4.05. The molecule has 0 fully saturated rings. The molecule has 1 aliphatic rings. The third-order valence-electron chi connectivity index (χ3n) is 3.61. The molecule has 23 heavy (non-hydrogen) atoms. The normalized spacial score (nSPS) is 12.6.